The molecular weight excluding hydrogens is 456 g/mol. The fraction of sp³-hybridized carbons (Fsp3) is 0.364. The Kier molecular flexibility index (Phi) is 8.99. The van der Waals surface area contributed by atoms with Gasteiger partial charge in [-0.15, -0.1) is 0 Å². The van der Waals surface area contributed by atoms with E-state index in [-0.39, 0.29) is 24.5 Å². The molecule has 2 atom stereocenters. The summed E-state index contributed by atoms with van der Waals surface area (Å²) in [6.45, 7) is 5.78. The lowest BCUT2D eigenvalue weighted by atomic mass is 10.1. The van der Waals surface area contributed by atoms with E-state index in [4.69, 9.17) is 16.3 Å². The Labute approximate surface area is 185 Å². The number of halogens is 2. The van der Waals surface area contributed by atoms with E-state index in [2.05, 4.69) is 21.2 Å². The molecule has 2 aromatic rings. The zero-order valence-electron chi connectivity index (χ0n) is 16.8. The molecule has 0 aliphatic carbocycles. The fourth-order valence-electron chi connectivity index (χ4n) is 2.66. The molecule has 0 unspecified atom stereocenters. The Morgan fingerprint density at radius 3 is 2.55 bits per heavy atom. The van der Waals surface area contributed by atoms with E-state index < -0.39 is 6.04 Å². The molecule has 2 aromatic carbocycles. The van der Waals surface area contributed by atoms with Crippen LogP contribution in [0.1, 0.15) is 32.8 Å². The predicted molar refractivity (Wildman–Crippen MR) is 119 cm³/mol. The number of carbonyl (C=O) groups excluding carboxylic acids is 2. The third-order valence-corrected chi connectivity index (χ3v) is 5.30. The number of rotatable bonds is 9. The summed E-state index contributed by atoms with van der Waals surface area (Å²) in [4.78, 5) is 27.2. The van der Waals surface area contributed by atoms with E-state index in [1.165, 1.54) is 4.90 Å². The summed E-state index contributed by atoms with van der Waals surface area (Å²) in [7, 11) is 0. The number of benzene rings is 2. The SMILES string of the molecule is CC[C@@H](C)NC(=O)[C@@H](C)N(Cc1cccc(Br)c1)C(=O)COc1cccc(Cl)c1. The van der Waals surface area contributed by atoms with Crippen molar-refractivity contribution in [1.82, 2.24) is 10.2 Å². The summed E-state index contributed by atoms with van der Waals surface area (Å²) in [6, 6.07) is 13.9. The highest BCUT2D eigenvalue weighted by Gasteiger charge is 2.27. The molecule has 0 heterocycles. The monoisotopic (exact) mass is 480 g/mol. The van der Waals surface area contributed by atoms with Gasteiger partial charge in [0.05, 0.1) is 0 Å². The van der Waals surface area contributed by atoms with Crippen LogP contribution in [0.4, 0.5) is 0 Å². The first-order valence-electron chi connectivity index (χ1n) is 9.52. The maximum atomic E-state index is 13.0. The van der Waals surface area contributed by atoms with Gasteiger partial charge in [-0.25, -0.2) is 0 Å². The molecule has 29 heavy (non-hydrogen) atoms. The number of carbonyl (C=O) groups is 2. The van der Waals surface area contributed by atoms with Crippen molar-refractivity contribution in [3.8, 4) is 5.75 Å². The normalized spacial score (nSPS) is 12.7. The molecular formula is C22H26BrClN2O3. The average molecular weight is 482 g/mol. The highest BCUT2D eigenvalue weighted by molar-refractivity contribution is 9.10. The van der Waals surface area contributed by atoms with Crippen LogP contribution in [-0.2, 0) is 16.1 Å². The molecule has 2 rings (SSSR count). The van der Waals surface area contributed by atoms with Gasteiger partial charge in [0.1, 0.15) is 11.8 Å². The van der Waals surface area contributed by atoms with Gasteiger partial charge in [0.15, 0.2) is 6.61 Å². The summed E-state index contributed by atoms with van der Waals surface area (Å²) in [5, 5.41) is 3.47. The number of hydrogen-bond acceptors (Lipinski definition) is 3. The first-order valence-corrected chi connectivity index (χ1v) is 10.7. The molecule has 0 aliphatic heterocycles. The van der Waals surface area contributed by atoms with Crippen molar-refractivity contribution in [2.24, 2.45) is 0 Å². The fourth-order valence-corrected chi connectivity index (χ4v) is 3.29. The molecule has 156 valence electrons. The topological polar surface area (TPSA) is 58.6 Å². The second kappa shape index (κ2) is 11.2. The van der Waals surface area contributed by atoms with Crippen LogP contribution in [0.3, 0.4) is 0 Å². The van der Waals surface area contributed by atoms with Gasteiger partial charge in [0.25, 0.3) is 5.91 Å². The Hall–Kier alpha value is -2.05. The third kappa shape index (κ3) is 7.37. The lowest BCUT2D eigenvalue weighted by molar-refractivity contribution is -0.142. The first kappa shape index (κ1) is 23.2. The average Bonchev–Trinajstić information content (AvgIpc) is 2.69. The van der Waals surface area contributed by atoms with Crippen LogP contribution in [0, 0.1) is 0 Å². The van der Waals surface area contributed by atoms with Crippen LogP contribution in [-0.4, -0.2) is 35.4 Å². The van der Waals surface area contributed by atoms with Gasteiger partial charge in [-0.05, 0) is 56.2 Å². The predicted octanol–water partition coefficient (Wildman–Crippen LogP) is 4.81. The molecule has 5 nitrogen and oxygen atoms in total. The van der Waals surface area contributed by atoms with Gasteiger partial charge in [-0.1, -0.05) is 52.7 Å². The van der Waals surface area contributed by atoms with Gasteiger partial charge in [-0.2, -0.15) is 0 Å². The van der Waals surface area contributed by atoms with Crippen molar-refractivity contribution in [3.05, 3.63) is 63.6 Å². The van der Waals surface area contributed by atoms with E-state index >= 15 is 0 Å². The largest absolute Gasteiger partial charge is 0.484 e. The van der Waals surface area contributed by atoms with E-state index in [1.54, 1.807) is 31.2 Å². The summed E-state index contributed by atoms with van der Waals surface area (Å²) >= 11 is 9.41. The maximum Gasteiger partial charge on any atom is 0.261 e. The van der Waals surface area contributed by atoms with Gasteiger partial charge in [0, 0.05) is 22.1 Å². The number of hydrogen-bond donors (Lipinski definition) is 1. The van der Waals surface area contributed by atoms with Crippen LogP contribution in [0.25, 0.3) is 0 Å². The third-order valence-electron chi connectivity index (χ3n) is 4.57. The van der Waals surface area contributed by atoms with E-state index in [1.807, 2.05) is 38.1 Å². The smallest absolute Gasteiger partial charge is 0.261 e. The van der Waals surface area contributed by atoms with Gasteiger partial charge in [0.2, 0.25) is 5.91 Å². The highest BCUT2D eigenvalue weighted by atomic mass is 79.9. The van der Waals surface area contributed by atoms with Crippen LogP contribution in [0.15, 0.2) is 53.0 Å². The van der Waals surface area contributed by atoms with Crippen molar-refractivity contribution in [2.75, 3.05) is 6.61 Å². The molecule has 0 radical (unpaired) electrons. The maximum absolute atomic E-state index is 13.0. The summed E-state index contributed by atoms with van der Waals surface area (Å²) in [5.74, 6) is 0.0344. The molecule has 2 amide bonds. The Morgan fingerprint density at radius 2 is 1.90 bits per heavy atom. The number of ether oxygens (including phenoxy) is 1. The van der Waals surface area contributed by atoms with E-state index in [9.17, 15) is 9.59 Å². The van der Waals surface area contributed by atoms with Crippen molar-refractivity contribution < 1.29 is 14.3 Å². The van der Waals surface area contributed by atoms with Crippen molar-refractivity contribution in [1.29, 1.82) is 0 Å². The minimum atomic E-state index is -0.640. The Bertz CT molecular complexity index is 846. The van der Waals surface area contributed by atoms with Crippen LogP contribution in [0.2, 0.25) is 5.02 Å². The van der Waals surface area contributed by atoms with Crippen molar-refractivity contribution in [3.63, 3.8) is 0 Å². The van der Waals surface area contributed by atoms with Crippen LogP contribution < -0.4 is 10.1 Å². The molecule has 0 aliphatic rings. The minimum absolute atomic E-state index is 0.0375. The van der Waals surface area contributed by atoms with Gasteiger partial charge < -0.3 is 15.0 Å². The molecule has 0 bridgehead atoms. The van der Waals surface area contributed by atoms with Crippen molar-refractivity contribution >= 4 is 39.3 Å². The molecule has 7 heteroatoms. The number of nitrogens with one attached hydrogen (secondary N) is 1. The number of nitrogens with zero attached hydrogens (tertiary/aromatic N) is 1. The quantitative estimate of drug-likeness (QED) is 0.559. The standard InChI is InChI=1S/C22H26BrClN2O3/c1-4-15(2)25-22(28)16(3)26(13-17-7-5-8-18(23)11-17)21(27)14-29-20-10-6-9-19(24)12-20/h5-12,15-16H,4,13-14H2,1-3H3,(H,25,28)/t15-,16-/m1/s1. The molecule has 1 N–H and O–H groups in total. The molecule has 0 saturated carbocycles. The van der Waals surface area contributed by atoms with Crippen molar-refractivity contribution in [2.45, 2.75) is 45.8 Å². The molecule has 0 spiro atoms. The summed E-state index contributed by atoms with van der Waals surface area (Å²) in [5.41, 5.74) is 0.915. The Balaban J connectivity index is 2.15. The van der Waals surface area contributed by atoms with E-state index in [0.29, 0.717) is 17.3 Å². The molecule has 0 aromatic heterocycles. The number of amides is 2. The molecule has 0 fully saturated rings. The summed E-state index contributed by atoms with van der Waals surface area (Å²) in [6.07, 6.45) is 0.815. The van der Waals surface area contributed by atoms with E-state index in [0.717, 1.165) is 16.5 Å². The second-order valence-electron chi connectivity index (χ2n) is 6.89. The van der Waals surface area contributed by atoms with Crippen LogP contribution in [0.5, 0.6) is 5.75 Å². The Morgan fingerprint density at radius 1 is 1.17 bits per heavy atom. The summed E-state index contributed by atoms with van der Waals surface area (Å²) < 4.78 is 6.52. The highest BCUT2D eigenvalue weighted by Crippen LogP contribution is 2.18. The lowest BCUT2D eigenvalue weighted by Gasteiger charge is -2.29. The zero-order chi connectivity index (χ0) is 21.4. The lowest BCUT2D eigenvalue weighted by Crippen LogP contribution is -2.50. The van der Waals surface area contributed by atoms with Gasteiger partial charge in [-0.3, -0.25) is 9.59 Å². The molecule has 0 saturated heterocycles. The zero-order valence-corrected chi connectivity index (χ0v) is 19.2. The van der Waals surface area contributed by atoms with Crippen LogP contribution >= 0.6 is 27.5 Å². The first-order chi connectivity index (χ1) is 13.8. The minimum Gasteiger partial charge on any atom is -0.484 e. The second-order valence-corrected chi connectivity index (χ2v) is 8.24. The van der Waals surface area contributed by atoms with Gasteiger partial charge >= 0.3 is 0 Å².